The Bertz CT molecular complexity index is 257. The van der Waals surface area contributed by atoms with Crippen LogP contribution in [0.15, 0.2) is 0 Å². The van der Waals surface area contributed by atoms with Crippen LogP contribution >= 0.6 is 0 Å². The molecule has 0 aromatic heterocycles. The Balaban J connectivity index is 2.21. The van der Waals surface area contributed by atoms with E-state index in [4.69, 9.17) is 9.47 Å². The molecule has 0 aromatic rings. The van der Waals surface area contributed by atoms with Crippen molar-refractivity contribution in [1.29, 1.82) is 0 Å². The zero-order valence-corrected chi connectivity index (χ0v) is 9.69. The molecule has 1 saturated heterocycles. The lowest BCUT2D eigenvalue weighted by molar-refractivity contribution is -0.125. The second-order valence-electron chi connectivity index (χ2n) is 3.75. The zero-order valence-electron chi connectivity index (χ0n) is 9.69. The van der Waals surface area contributed by atoms with E-state index in [2.05, 4.69) is 5.32 Å². The van der Waals surface area contributed by atoms with Crippen molar-refractivity contribution in [2.45, 2.75) is 6.92 Å². The molecule has 3 amide bonds. The van der Waals surface area contributed by atoms with Crippen molar-refractivity contribution in [1.82, 2.24) is 10.2 Å². The Morgan fingerprint density at radius 1 is 1.38 bits per heavy atom. The summed E-state index contributed by atoms with van der Waals surface area (Å²) in [6.07, 6.45) is 0. The van der Waals surface area contributed by atoms with Crippen LogP contribution in [-0.2, 0) is 14.3 Å². The number of nitrogens with zero attached hydrogens (tertiary/aromatic N) is 1. The van der Waals surface area contributed by atoms with E-state index < -0.39 is 0 Å². The minimum atomic E-state index is -0.335. The van der Waals surface area contributed by atoms with Crippen LogP contribution in [-0.4, -0.2) is 56.9 Å². The summed E-state index contributed by atoms with van der Waals surface area (Å²) in [5.41, 5.74) is 0. The summed E-state index contributed by atoms with van der Waals surface area (Å²) in [4.78, 5) is 24.1. The molecule has 16 heavy (non-hydrogen) atoms. The van der Waals surface area contributed by atoms with Gasteiger partial charge in [0.1, 0.15) is 0 Å². The van der Waals surface area contributed by atoms with Crippen LogP contribution in [0.2, 0.25) is 0 Å². The van der Waals surface area contributed by atoms with Crippen LogP contribution in [0, 0.1) is 5.92 Å². The molecule has 0 saturated carbocycles. The van der Waals surface area contributed by atoms with Gasteiger partial charge in [-0.25, -0.2) is 4.79 Å². The van der Waals surface area contributed by atoms with Gasteiger partial charge in [-0.3, -0.25) is 10.1 Å². The summed E-state index contributed by atoms with van der Waals surface area (Å²) in [6, 6.07) is -0.335. The smallest absolute Gasteiger partial charge is 0.324 e. The lowest BCUT2D eigenvalue weighted by Crippen LogP contribution is -2.54. The number of ether oxygens (including phenoxy) is 2. The van der Waals surface area contributed by atoms with E-state index >= 15 is 0 Å². The standard InChI is InChI=1S/C10H18N2O4/c1-8-7-12(10(14)11-9(8)13)3-4-16-6-5-15-2/h8H,3-7H2,1-2H3,(H,11,13,14). The molecule has 92 valence electrons. The first-order valence-electron chi connectivity index (χ1n) is 5.31. The first-order chi connectivity index (χ1) is 7.65. The van der Waals surface area contributed by atoms with Crippen molar-refractivity contribution in [2.24, 2.45) is 5.92 Å². The van der Waals surface area contributed by atoms with Crippen molar-refractivity contribution >= 4 is 11.9 Å². The van der Waals surface area contributed by atoms with Gasteiger partial charge in [0.2, 0.25) is 5.91 Å². The molecule has 1 fully saturated rings. The van der Waals surface area contributed by atoms with Crippen molar-refractivity contribution in [2.75, 3.05) is 40.0 Å². The average molecular weight is 230 g/mol. The predicted molar refractivity (Wildman–Crippen MR) is 57.0 cm³/mol. The third-order valence-corrected chi connectivity index (χ3v) is 2.40. The molecule has 1 aliphatic rings. The molecule has 1 atom stereocenters. The maximum absolute atomic E-state index is 11.4. The topological polar surface area (TPSA) is 67.9 Å². The second-order valence-corrected chi connectivity index (χ2v) is 3.75. The summed E-state index contributed by atoms with van der Waals surface area (Å²) < 4.78 is 10.1. The second kappa shape index (κ2) is 6.44. The first kappa shape index (κ1) is 12.9. The van der Waals surface area contributed by atoms with Gasteiger partial charge in [-0.2, -0.15) is 0 Å². The Morgan fingerprint density at radius 2 is 2.12 bits per heavy atom. The maximum Gasteiger partial charge on any atom is 0.324 e. The fourth-order valence-corrected chi connectivity index (χ4v) is 1.42. The van der Waals surface area contributed by atoms with Crippen LogP contribution < -0.4 is 5.32 Å². The molecule has 1 N–H and O–H groups in total. The minimum absolute atomic E-state index is 0.156. The van der Waals surface area contributed by atoms with Crippen LogP contribution in [0.1, 0.15) is 6.92 Å². The summed E-state index contributed by atoms with van der Waals surface area (Å²) in [7, 11) is 1.61. The number of hydrogen-bond donors (Lipinski definition) is 1. The number of imide groups is 1. The molecule has 1 heterocycles. The van der Waals surface area contributed by atoms with Gasteiger partial charge in [0.25, 0.3) is 0 Å². The van der Waals surface area contributed by atoms with E-state index in [-0.39, 0.29) is 17.9 Å². The number of rotatable bonds is 6. The average Bonchev–Trinajstić information content (AvgIpc) is 2.25. The zero-order chi connectivity index (χ0) is 12.0. The van der Waals surface area contributed by atoms with Gasteiger partial charge in [0, 0.05) is 20.2 Å². The molecule has 6 nitrogen and oxygen atoms in total. The van der Waals surface area contributed by atoms with E-state index in [1.165, 1.54) is 0 Å². The van der Waals surface area contributed by atoms with Crippen molar-refractivity contribution in [3.63, 3.8) is 0 Å². The van der Waals surface area contributed by atoms with Gasteiger partial charge in [-0.05, 0) is 0 Å². The monoisotopic (exact) mass is 230 g/mol. The molecule has 0 aliphatic carbocycles. The fraction of sp³-hybridized carbons (Fsp3) is 0.800. The Hall–Kier alpha value is -1.14. The summed E-state index contributed by atoms with van der Waals surface area (Å²) in [6.45, 7) is 4.26. The number of methoxy groups -OCH3 is 1. The van der Waals surface area contributed by atoms with Crippen molar-refractivity contribution < 1.29 is 19.1 Å². The Morgan fingerprint density at radius 3 is 2.81 bits per heavy atom. The van der Waals surface area contributed by atoms with E-state index in [0.717, 1.165) is 0 Å². The third kappa shape index (κ3) is 3.79. The molecule has 0 bridgehead atoms. The molecule has 1 aliphatic heterocycles. The highest BCUT2D eigenvalue weighted by atomic mass is 16.5. The minimum Gasteiger partial charge on any atom is -0.382 e. The van der Waals surface area contributed by atoms with Crippen LogP contribution in [0.25, 0.3) is 0 Å². The van der Waals surface area contributed by atoms with Gasteiger partial charge in [-0.1, -0.05) is 6.92 Å². The quantitative estimate of drug-likeness (QED) is 0.644. The molecule has 0 aromatic carbocycles. The summed E-state index contributed by atoms with van der Waals surface area (Å²) in [5.74, 6) is -0.363. The van der Waals surface area contributed by atoms with Crippen molar-refractivity contribution in [3.05, 3.63) is 0 Å². The molecule has 0 radical (unpaired) electrons. The lowest BCUT2D eigenvalue weighted by Gasteiger charge is -2.30. The van der Waals surface area contributed by atoms with Gasteiger partial charge in [0.05, 0.1) is 25.7 Å². The van der Waals surface area contributed by atoms with Gasteiger partial charge in [0.15, 0.2) is 0 Å². The van der Waals surface area contributed by atoms with Crippen molar-refractivity contribution in [3.8, 4) is 0 Å². The fourth-order valence-electron chi connectivity index (χ4n) is 1.42. The first-order valence-corrected chi connectivity index (χ1v) is 5.31. The number of carbonyl (C=O) groups excluding carboxylic acids is 2. The van der Waals surface area contributed by atoms with Crippen LogP contribution in [0.4, 0.5) is 4.79 Å². The molecule has 1 rings (SSSR count). The Kier molecular flexibility index (Phi) is 5.21. The summed E-state index contributed by atoms with van der Waals surface area (Å²) >= 11 is 0. The summed E-state index contributed by atoms with van der Waals surface area (Å²) in [5, 5.41) is 2.30. The van der Waals surface area contributed by atoms with E-state index in [9.17, 15) is 9.59 Å². The number of amides is 3. The molecular weight excluding hydrogens is 212 g/mol. The predicted octanol–water partition coefficient (Wildman–Crippen LogP) is -0.163. The van der Waals surface area contributed by atoms with E-state index in [1.807, 2.05) is 0 Å². The highest BCUT2D eigenvalue weighted by molar-refractivity contribution is 5.97. The van der Waals surface area contributed by atoms with Gasteiger partial charge < -0.3 is 14.4 Å². The van der Waals surface area contributed by atoms with E-state index in [0.29, 0.717) is 32.9 Å². The SMILES string of the molecule is COCCOCCN1CC(C)C(=O)NC1=O. The van der Waals surface area contributed by atoms with Gasteiger partial charge >= 0.3 is 6.03 Å². The number of nitrogens with one attached hydrogen (secondary N) is 1. The van der Waals surface area contributed by atoms with Gasteiger partial charge in [-0.15, -0.1) is 0 Å². The molecule has 1 unspecified atom stereocenters. The number of hydrogen-bond acceptors (Lipinski definition) is 4. The van der Waals surface area contributed by atoms with Crippen LogP contribution in [0.5, 0.6) is 0 Å². The van der Waals surface area contributed by atoms with E-state index in [1.54, 1.807) is 18.9 Å². The Labute approximate surface area is 94.9 Å². The molecule has 6 heteroatoms. The molecule has 0 spiro atoms. The largest absolute Gasteiger partial charge is 0.382 e. The third-order valence-electron chi connectivity index (χ3n) is 2.40. The number of urea groups is 1. The highest BCUT2D eigenvalue weighted by Gasteiger charge is 2.28. The highest BCUT2D eigenvalue weighted by Crippen LogP contribution is 2.06. The van der Waals surface area contributed by atoms with Crippen LogP contribution in [0.3, 0.4) is 0 Å². The molecular formula is C10H18N2O4. The maximum atomic E-state index is 11.4. The normalized spacial score (nSPS) is 21.1. The number of carbonyl (C=O) groups is 2. The lowest BCUT2D eigenvalue weighted by atomic mass is 10.1.